The van der Waals surface area contributed by atoms with Crippen molar-refractivity contribution in [3.05, 3.63) is 69.4 Å². The second-order valence-corrected chi connectivity index (χ2v) is 6.35. The summed E-state index contributed by atoms with van der Waals surface area (Å²) in [5, 5.41) is 0. The Balaban J connectivity index is 2.00. The van der Waals surface area contributed by atoms with Gasteiger partial charge in [-0.3, -0.25) is 0 Å². The van der Waals surface area contributed by atoms with E-state index in [0.29, 0.717) is 10.9 Å². The van der Waals surface area contributed by atoms with Gasteiger partial charge in [0.05, 0.1) is 4.47 Å². The van der Waals surface area contributed by atoms with E-state index in [2.05, 4.69) is 34.1 Å². The van der Waals surface area contributed by atoms with Gasteiger partial charge < -0.3 is 5.73 Å². The van der Waals surface area contributed by atoms with E-state index in [1.165, 1.54) is 17.2 Å². The molecule has 1 aliphatic carbocycles. The minimum absolute atomic E-state index is 0.227. The Morgan fingerprint density at radius 3 is 2.80 bits per heavy atom. The molecule has 104 valence electrons. The van der Waals surface area contributed by atoms with Crippen LogP contribution in [0.2, 0.25) is 0 Å². The average Bonchev–Trinajstić information content (AvgIpc) is 2.44. The second-order valence-electron chi connectivity index (χ2n) is 5.56. The fraction of sp³-hybridized carbons (Fsp3) is 0.294. The highest BCUT2D eigenvalue weighted by atomic mass is 79.9. The van der Waals surface area contributed by atoms with Gasteiger partial charge in [0.25, 0.3) is 0 Å². The van der Waals surface area contributed by atoms with Crippen LogP contribution in [0.15, 0.2) is 46.9 Å². The summed E-state index contributed by atoms with van der Waals surface area (Å²) in [6.07, 6.45) is 3.76. The third kappa shape index (κ3) is 2.40. The highest BCUT2D eigenvalue weighted by molar-refractivity contribution is 9.10. The van der Waals surface area contributed by atoms with Crippen molar-refractivity contribution in [1.82, 2.24) is 0 Å². The molecule has 1 aliphatic rings. The first-order valence-corrected chi connectivity index (χ1v) is 7.70. The van der Waals surface area contributed by atoms with Crippen LogP contribution in [0.5, 0.6) is 0 Å². The van der Waals surface area contributed by atoms with Crippen LogP contribution in [0.4, 0.5) is 4.39 Å². The fourth-order valence-corrected chi connectivity index (χ4v) is 3.57. The molecule has 3 rings (SSSR count). The van der Waals surface area contributed by atoms with Crippen molar-refractivity contribution >= 4 is 15.9 Å². The SMILES string of the molecule is NC1(Cc2cccc(F)c2Br)CCCc2ccccc21. The minimum Gasteiger partial charge on any atom is -0.321 e. The van der Waals surface area contributed by atoms with Crippen LogP contribution in [0.3, 0.4) is 0 Å². The fourth-order valence-electron chi connectivity index (χ4n) is 3.16. The lowest BCUT2D eigenvalue weighted by Crippen LogP contribution is -2.42. The number of hydrogen-bond donors (Lipinski definition) is 1. The van der Waals surface area contributed by atoms with Gasteiger partial charge in [0.1, 0.15) is 5.82 Å². The number of hydrogen-bond acceptors (Lipinski definition) is 1. The summed E-state index contributed by atoms with van der Waals surface area (Å²) in [6.45, 7) is 0. The van der Waals surface area contributed by atoms with E-state index in [-0.39, 0.29) is 5.82 Å². The molecule has 3 heteroatoms. The normalized spacial score (nSPS) is 21.6. The number of fused-ring (bicyclic) bond motifs is 1. The van der Waals surface area contributed by atoms with Crippen molar-refractivity contribution in [2.75, 3.05) is 0 Å². The maximum atomic E-state index is 13.7. The Kier molecular flexibility index (Phi) is 3.65. The van der Waals surface area contributed by atoms with Gasteiger partial charge in [0.2, 0.25) is 0 Å². The second kappa shape index (κ2) is 5.30. The molecule has 1 nitrogen and oxygen atoms in total. The Morgan fingerprint density at radius 1 is 1.15 bits per heavy atom. The summed E-state index contributed by atoms with van der Waals surface area (Å²) in [5.41, 5.74) is 9.75. The molecule has 0 radical (unpaired) electrons. The molecule has 0 fully saturated rings. The summed E-state index contributed by atoms with van der Waals surface area (Å²) in [5.74, 6) is -0.227. The largest absolute Gasteiger partial charge is 0.321 e. The van der Waals surface area contributed by atoms with Crippen LogP contribution in [0, 0.1) is 5.82 Å². The first kappa shape index (κ1) is 13.8. The predicted molar refractivity (Wildman–Crippen MR) is 83.0 cm³/mol. The van der Waals surface area contributed by atoms with E-state index < -0.39 is 5.54 Å². The van der Waals surface area contributed by atoms with Crippen LogP contribution in [0.1, 0.15) is 29.5 Å². The van der Waals surface area contributed by atoms with Crippen molar-refractivity contribution in [1.29, 1.82) is 0 Å². The summed E-state index contributed by atoms with van der Waals surface area (Å²) < 4.78 is 14.2. The molecular formula is C17H17BrFN. The number of aryl methyl sites for hydroxylation is 1. The van der Waals surface area contributed by atoms with E-state index in [1.54, 1.807) is 6.07 Å². The molecule has 0 amide bonds. The van der Waals surface area contributed by atoms with Crippen molar-refractivity contribution < 1.29 is 4.39 Å². The third-order valence-electron chi connectivity index (χ3n) is 4.16. The highest BCUT2D eigenvalue weighted by Crippen LogP contribution is 2.37. The Bertz CT molecular complexity index is 641. The maximum absolute atomic E-state index is 13.7. The summed E-state index contributed by atoms with van der Waals surface area (Å²) >= 11 is 3.34. The standard InChI is InChI=1S/C17H17BrFN/c18-16-13(6-3-9-15(16)19)11-17(20)10-4-7-12-5-1-2-8-14(12)17/h1-3,5-6,8-9H,4,7,10-11,20H2. The number of halogens is 2. The molecule has 0 saturated heterocycles. The zero-order chi connectivity index (χ0) is 14.2. The lowest BCUT2D eigenvalue weighted by molar-refractivity contribution is 0.368. The van der Waals surface area contributed by atoms with Gasteiger partial charge in [0.15, 0.2) is 0 Å². The summed E-state index contributed by atoms with van der Waals surface area (Å²) in [7, 11) is 0. The van der Waals surface area contributed by atoms with Crippen molar-refractivity contribution in [3.8, 4) is 0 Å². The quantitative estimate of drug-likeness (QED) is 0.870. The monoisotopic (exact) mass is 333 g/mol. The zero-order valence-electron chi connectivity index (χ0n) is 11.2. The van der Waals surface area contributed by atoms with E-state index in [4.69, 9.17) is 5.73 Å². The van der Waals surface area contributed by atoms with Crippen molar-refractivity contribution in [2.45, 2.75) is 31.2 Å². The first-order valence-electron chi connectivity index (χ1n) is 6.90. The third-order valence-corrected chi connectivity index (χ3v) is 5.05. The summed E-state index contributed by atoms with van der Waals surface area (Å²) in [6, 6.07) is 13.5. The molecule has 2 aromatic rings. The van der Waals surface area contributed by atoms with Crippen molar-refractivity contribution in [3.63, 3.8) is 0 Å². The molecule has 0 heterocycles. The molecule has 0 spiro atoms. The zero-order valence-corrected chi connectivity index (χ0v) is 12.8. The predicted octanol–water partition coefficient (Wildman–Crippen LogP) is 4.32. The number of nitrogens with two attached hydrogens (primary N) is 1. The molecule has 20 heavy (non-hydrogen) atoms. The van der Waals surface area contributed by atoms with E-state index in [0.717, 1.165) is 24.8 Å². The molecule has 1 atom stereocenters. The molecule has 1 unspecified atom stereocenters. The van der Waals surface area contributed by atoms with Gasteiger partial charge in [-0.15, -0.1) is 0 Å². The van der Waals surface area contributed by atoms with E-state index >= 15 is 0 Å². The van der Waals surface area contributed by atoms with Gasteiger partial charge in [-0.25, -0.2) is 4.39 Å². The van der Waals surface area contributed by atoms with Gasteiger partial charge in [-0.05, 0) is 64.4 Å². The molecule has 2 N–H and O–H groups in total. The molecule has 0 saturated carbocycles. The Labute approximate surface area is 127 Å². The van der Waals surface area contributed by atoms with Crippen LogP contribution in [0.25, 0.3) is 0 Å². The molecule has 0 aromatic heterocycles. The van der Waals surface area contributed by atoms with Crippen LogP contribution < -0.4 is 5.73 Å². The topological polar surface area (TPSA) is 26.0 Å². The highest BCUT2D eigenvalue weighted by Gasteiger charge is 2.33. The molecule has 0 aliphatic heterocycles. The van der Waals surface area contributed by atoms with E-state index in [9.17, 15) is 4.39 Å². The van der Waals surface area contributed by atoms with Crippen LogP contribution in [-0.4, -0.2) is 0 Å². The first-order chi connectivity index (χ1) is 9.60. The summed E-state index contributed by atoms with van der Waals surface area (Å²) in [4.78, 5) is 0. The lowest BCUT2D eigenvalue weighted by atomic mass is 9.74. The lowest BCUT2D eigenvalue weighted by Gasteiger charge is -2.36. The average molecular weight is 334 g/mol. The van der Waals surface area contributed by atoms with E-state index in [1.807, 2.05) is 12.1 Å². The van der Waals surface area contributed by atoms with Gasteiger partial charge in [-0.1, -0.05) is 36.4 Å². The maximum Gasteiger partial charge on any atom is 0.137 e. The number of rotatable bonds is 2. The van der Waals surface area contributed by atoms with Gasteiger partial charge in [-0.2, -0.15) is 0 Å². The molecule has 0 bridgehead atoms. The van der Waals surface area contributed by atoms with Crippen LogP contribution >= 0.6 is 15.9 Å². The van der Waals surface area contributed by atoms with Gasteiger partial charge >= 0.3 is 0 Å². The van der Waals surface area contributed by atoms with Gasteiger partial charge in [0, 0.05) is 5.54 Å². The number of benzene rings is 2. The van der Waals surface area contributed by atoms with Crippen molar-refractivity contribution in [2.24, 2.45) is 5.73 Å². The smallest absolute Gasteiger partial charge is 0.137 e. The Hall–Kier alpha value is -1.19. The Morgan fingerprint density at radius 2 is 1.95 bits per heavy atom. The molecule has 2 aromatic carbocycles. The molecular weight excluding hydrogens is 317 g/mol. The van der Waals surface area contributed by atoms with Crippen LogP contribution in [-0.2, 0) is 18.4 Å². The minimum atomic E-state index is -0.398.